The van der Waals surface area contributed by atoms with Crippen LogP contribution >= 0.6 is 7.60 Å². The average Bonchev–Trinajstić information content (AvgIpc) is 2.91. The maximum atomic E-state index is 14.4. The molecule has 0 spiro atoms. The summed E-state index contributed by atoms with van der Waals surface area (Å²) in [6.07, 6.45) is 0. The van der Waals surface area contributed by atoms with Crippen molar-refractivity contribution in [2.24, 2.45) is 0 Å². The maximum Gasteiger partial charge on any atom is 0.346 e. The molecule has 0 radical (unpaired) electrons. The van der Waals surface area contributed by atoms with E-state index in [1.807, 2.05) is 12.1 Å². The number of carbonyl (C=O) groups is 2. The van der Waals surface area contributed by atoms with Gasteiger partial charge in [-0.15, -0.1) is 0 Å². The van der Waals surface area contributed by atoms with Gasteiger partial charge in [-0.2, -0.15) is 4.72 Å². The number of hydrogen-bond donors (Lipinski definition) is 1. The molecule has 3 aromatic rings. The molecule has 0 heterocycles. The number of ketones is 1. The Morgan fingerprint density at radius 1 is 0.897 bits per heavy atom. The standard InChI is InChI=1S/C28H34NO8PS/c1-6-35-27(31)25(29-39(33,34)24-17-13-20(4)14-18-24)28(5,38(32,36-7-2)37-8-3)26(30)23-16-15-21-11-9-10-12-22(21)19-23/h9-19,25,29H,6-8H2,1-5H3/t25-,28-/m1/s1. The van der Waals surface area contributed by atoms with Crippen LogP contribution in [-0.2, 0) is 33.2 Å². The van der Waals surface area contributed by atoms with Crippen molar-refractivity contribution in [2.75, 3.05) is 19.8 Å². The number of esters is 1. The largest absolute Gasteiger partial charge is 0.465 e. The quantitative estimate of drug-likeness (QED) is 0.166. The summed E-state index contributed by atoms with van der Waals surface area (Å²) in [4.78, 5) is 27.6. The monoisotopic (exact) mass is 575 g/mol. The Kier molecular flexibility index (Phi) is 9.85. The molecule has 2 atom stereocenters. The van der Waals surface area contributed by atoms with Crippen molar-refractivity contribution in [3.8, 4) is 0 Å². The smallest absolute Gasteiger partial charge is 0.346 e. The normalized spacial score (nSPS) is 14.5. The third kappa shape index (κ3) is 6.31. The van der Waals surface area contributed by atoms with Gasteiger partial charge in [0.1, 0.15) is 6.04 Å². The van der Waals surface area contributed by atoms with Crippen LogP contribution in [0.2, 0.25) is 0 Å². The summed E-state index contributed by atoms with van der Waals surface area (Å²) >= 11 is 0. The zero-order valence-electron chi connectivity index (χ0n) is 22.7. The number of aryl methyl sites for hydroxylation is 1. The molecule has 210 valence electrons. The minimum atomic E-state index is -4.52. The molecular weight excluding hydrogens is 541 g/mol. The molecule has 1 N–H and O–H groups in total. The van der Waals surface area contributed by atoms with E-state index in [0.717, 1.165) is 16.3 Å². The number of nitrogens with one attached hydrogen (secondary N) is 1. The fourth-order valence-corrected chi connectivity index (χ4v) is 7.76. The Bertz CT molecular complexity index is 1480. The summed E-state index contributed by atoms with van der Waals surface area (Å²) in [5.41, 5.74) is 0.920. The van der Waals surface area contributed by atoms with E-state index in [2.05, 4.69) is 4.72 Å². The van der Waals surface area contributed by atoms with Gasteiger partial charge in [-0.1, -0.05) is 54.1 Å². The van der Waals surface area contributed by atoms with E-state index >= 15 is 0 Å². The number of rotatable bonds is 13. The molecule has 0 bridgehead atoms. The first kappa shape index (κ1) is 30.7. The van der Waals surface area contributed by atoms with Crippen LogP contribution in [0.1, 0.15) is 43.6 Å². The number of Topliss-reactive ketones (excluding diaryl/α,β-unsaturated/α-hetero) is 1. The number of hydrogen-bond acceptors (Lipinski definition) is 8. The Morgan fingerprint density at radius 3 is 2.05 bits per heavy atom. The van der Waals surface area contributed by atoms with E-state index in [9.17, 15) is 22.6 Å². The fourth-order valence-electron chi connectivity index (χ4n) is 4.24. The lowest BCUT2D eigenvalue weighted by Crippen LogP contribution is -2.60. The second kappa shape index (κ2) is 12.5. The van der Waals surface area contributed by atoms with Crippen LogP contribution in [0.4, 0.5) is 0 Å². The lowest BCUT2D eigenvalue weighted by Gasteiger charge is -2.39. The first-order valence-electron chi connectivity index (χ1n) is 12.6. The highest BCUT2D eigenvalue weighted by Gasteiger charge is 2.62. The molecule has 0 fully saturated rings. The molecule has 0 aliphatic heterocycles. The van der Waals surface area contributed by atoms with E-state index < -0.39 is 40.6 Å². The molecule has 0 aromatic heterocycles. The van der Waals surface area contributed by atoms with Crippen LogP contribution in [0.25, 0.3) is 10.8 Å². The van der Waals surface area contributed by atoms with Gasteiger partial charge in [-0.3, -0.25) is 14.2 Å². The molecule has 0 saturated heterocycles. The molecule has 39 heavy (non-hydrogen) atoms. The Labute approximate surface area is 229 Å². The third-order valence-corrected chi connectivity index (χ3v) is 10.6. The molecule has 9 nitrogen and oxygen atoms in total. The first-order chi connectivity index (χ1) is 18.4. The SMILES string of the molecule is CCOC(=O)[C@@H](NS(=O)(=O)c1ccc(C)cc1)[C@](C)(C(=O)c1ccc2ccccc2c1)P(=O)(OCC)OCC. The summed E-state index contributed by atoms with van der Waals surface area (Å²) in [5.74, 6) is -1.90. The van der Waals surface area contributed by atoms with Crippen molar-refractivity contribution in [3.63, 3.8) is 0 Å². The molecular formula is C28H34NO8PS. The molecule has 0 saturated carbocycles. The zero-order chi connectivity index (χ0) is 28.8. The predicted octanol–water partition coefficient (Wildman–Crippen LogP) is 5.27. The predicted molar refractivity (Wildman–Crippen MR) is 149 cm³/mol. The molecule has 3 rings (SSSR count). The van der Waals surface area contributed by atoms with Gasteiger partial charge in [0.05, 0.1) is 24.7 Å². The topological polar surface area (TPSA) is 125 Å². The number of sulfonamides is 1. The van der Waals surface area contributed by atoms with Gasteiger partial charge in [0.2, 0.25) is 10.0 Å². The van der Waals surface area contributed by atoms with Gasteiger partial charge in [-0.05, 0) is 63.6 Å². The van der Waals surface area contributed by atoms with Gasteiger partial charge in [0.15, 0.2) is 10.9 Å². The van der Waals surface area contributed by atoms with Gasteiger partial charge >= 0.3 is 13.6 Å². The van der Waals surface area contributed by atoms with E-state index in [4.69, 9.17) is 13.8 Å². The highest BCUT2D eigenvalue weighted by molar-refractivity contribution is 7.89. The summed E-state index contributed by atoms with van der Waals surface area (Å²) < 4.78 is 60.1. The van der Waals surface area contributed by atoms with Gasteiger partial charge < -0.3 is 13.8 Å². The minimum Gasteiger partial charge on any atom is -0.465 e. The fraction of sp³-hybridized carbons (Fsp3) is 0.357. The van der Waals surface area contributed by atoms with Gasteiger partial charge in [0.25, 0.3) is 0 Å². The van der Waals surface area contributed by atoms with E-state index in [1.54, 1.807) is 57.2 Å². The second-order valence-corrected chi connectivity index (χ2v) is 13.1. The Hall–Kier alpha value is -2.88. The minimum absolute atomic E-state index is 0.0969. The van der Waals surface area contributed by atoms with Crippen molar-refractivity contribution >= 4 is 40.1 Å². The highest BCUT2D eigenvalue weighted by atomic mass is 32.2. The number of ether oxygens (including phenoxy) is 1. The first-order valence-corrected chi connectivity index (χ1v) is 15.6. The van der Waals surface area contributed by atoms with Crippen molar-refractivity contribution in [1.29, 1.82) is 0 Å². The summed E-state index contributed by atoms with van der Waals surface area (Å²) in [6, 6.07) is 16.1. The lowest BCUT2D eigenvalue weighted by molar-refractivity contribution is -0.145. The summed E-state index contributed by atoms with van der Waals surface area (Å²) in [5, 5.41) is -0.761. The summed E-state index contributed by atoms with van der Waals surface area (Å²) in [7, 11) is -8.92. The number of carbonyl (C=O) groups excluding carboxylic acids is 2. The van der Waals surface area contributed by atoms with Crippen LogP contribution in [0, 0.1) is 6.92 Å². The molecule has 0 aliphatic carbocycles. The highest BCUT2D eigenvalue weighted by Crippen LogP contribution is 2.62. The van der Waals surface area contributed by atoms with E-state index in [-0.39, 0.29) is 30.3 Å². The van der Waals surface area contributed by atoms with Gasteiger partial charge in [0, 0.05) is 5.56 Å². The molecule has 3 aromatic carbocycles. The summed E-state index contributed by atoms with van der Waals surface area (Å²) in [6.45, 7) is 7.30. The van der Waals surface area contributed by atoms with Crippen LogP contribution in [0.15, 0.2) is 71.6 Å². The van der Waals surface area contributed by atoms with Crippen LogP contribution in [-0.4, -0.2) is 51.2 Å². The van der Waals surface area contributed by atoms with E-state index in [1.165, 1.54) is 32.0 Å². The van der Waals surface area contributed by atoms with Crippen LogP contribution in [0.5, 0.6) is 0 Å². The Morgan fingerprint density at radius 2 is 1.49 bits per heavy atom. The molecule has 0 amide bonds. The second-order valence-electron chi connectivity index (χ2n) is 8.99. The Balaban J connectivity index is 2.27. The van der Waals surface area contributed by atoms with Crippen molar-refractivity contribution in [3.05, 3.63) is 77.9 Å². The van der Waals surface area contributed by atoms with Crippen molar-refractivity contribution in [2.45, 2.75) is 50.7 Å². The maximum absolute atomic E-state index is 14.4. The third-order valence-electron chi connectivity index (χ3n) is 6.33. The molecule has 11 heteroatoms. The van der Waals surface area contributed by atoms with Crippen molar-refractivity contribution < 1.29 is 36.4 Å². The molecule has 0 aliphatic rings. The number of fused-ring (bicyclic) bond motifs is 1. The van der Waals surface area contributed by atoms with E-state index in [0.29, 0.717) is 0 Å². The lowest BCUT2D eigenvalue weighted by atomic mass is 9.90. The zero-order valence-corrected chi connectivity index (χ0v) is 24.4. The number of benzene rings is 3. The van der Waals surface area contributed by atoms with Crippen LogP contribution in [0.3, 0.4) is 0 Å². The van der Waals surface area contributed by atoms with Crippen LogP contribution < -0.4 is 4.72 Å². The van der Waals surface area contributed by atoms with Crippen molar-refractivity contribution in [1.82, 2.24) is 4.72 Å². The molecule has 0 unspecified atom stereocenters. The van der Waals surface area contributed by atoms with Gasteiger partial charge in [-0.25, -0.2) is 8.42 Å². The average molecular weight is 576 g/mol.